The maximum atomic E-state index is 15.2. The van der Waals surface area contributed by atoms with E-state index in [1.54, 1.807) is 24.3 Å². The topological polar surface area (TPSA) is 27.7 Å². The summed E-state index contributed by atoms with van der Waals surface area (Å²) in [6, 6.07) is 10.6. The number of rotatable bonds is 11. The molecule has 0 spiro atoms. The Morgan fingerprint density at radius 1 is 0.892 bits per heavy atom. The third-order valence-electron chi connectivity index (χ3n) is 6.71. The van der Waals surface area contributed by atoms with E-state index < -0.39 is 36.1 Å². The van der Waals surface area contributed by atoms with Crippen LogP contribution in [0.5, 0.6) is 5.75 Å². The molecule has 1 aliphatic heterocycles. The van der Waals surface area contributed by atoms with Gasteiger partial charge in [0.25, 0.3) is 0 Å². The summed E-state index contributed by atoms with van der Waals surface area (Å²) in [6.45, 7) is 0.129. The minimum Gasteiger partial charge on any atom is -0.429 e. The number of fused-ring (bicyclic) bond motifs is 1. The first-order valence-corrected chi connectivity index (χ1v) is 12.7. The van der Waals surface area contributed by atoms with Crippen molar-refractivity contribution in [2.24, 2.45) is 5.92 Å². The predicted octanol–water partition coefficient (Wildman–Crippen LogP) is 8.28. The van der Waals surface area contributed by atoms with Crippen molar-refractivity contribution in [3.63, 3.8) is 0 Å². The lowest BCUT2D eigenvalue weighted by Gasteiger charge is -2.30. The second kappa shape index (κ2) is 12.7. The van der Waals surface area contributed by atoms with Crippen molar-refractivity contribution in [2.75, 3.05) is 13.2 Å². The van der Waals surface area contributed by atoms with E-state index in [1.807, 2.05) is 6.07 Å². The molecule has 3 nitrogen and oxygen atoms in total. The van der Waals surface area contributed by atoms with E-state index >= 15 is 4.39 Å². The maximum Gasteiger partial charge on any atom is 0.387 e. The molecule has 0 amide bonds. The quantitative estimate of drug-likeness (QED) is 0.187. The number of hydrogen-bond acceptors (Lipinski definition) is 3. The van der Waals surface area contributed by atoms with Gasteiger partial charge in [0.2, 0.25) is 0 Å². The van der Waals surface area contributed by atoms with Crippen molar-refractivity contribution >= 4 is 10.8 Å². The first-order chi connectivity index (χ1) is 17.9. The molecule has 0 N–H and O–H groups in total. The highest BCUT2D eigenvalue weighted by molar-refractivity contribution is 5.84. The second-order valence-electron chi connectivity index (χ2n) is 9.50. The predicted molar refractivity (Wildman–Crippen MR) is 131 cm³/mol. The highest BCUT2D eigenvalue weighted by atomic mass is 19.3. The van der Waals surface area contributed by atoms with Crippen LogP contribution in [0.25, 0.3) is 10.8 Å². The van der Waals surface area contributed by atoms with E-state index in [4.69, 9.17) is 9.47 Å². The summed E-state index contributed by atoms with van der Waals surface area (Å²) in [6.07, 6.45) is 5.75. The lowest BCUT2D eigenvalue weighted by Crippen LogP contribution is -2.27. The lowest BCUT2D eigenvalue weighted by molar-refractivity contribution is -0.206. The summed E-state index contributed by atoms with van der Waals surface area (Å²) in [4.78, 5) is 0. The summed E-state index contributed by atoms with van der Waals surface area (Å²) in [5.74, 6) is -3.60. The SMILES string of the molecule is CCCCCCC1COC(c2ccc3c(F)c(CCc4cc(F)c(OC(F)F)c(F)c4)ccc3c2)OC1. The fourth-order valence-electron chi connectivity index (χ4n) is 4.69. The van der Waals surface area contributed by atoms with Gasteiger partial charge in [0.1, 0.15) is 5.82 Å². The van der Waals surface area contributed by atoms with Crippen LogP contribution >= 0.6 is 0 Å². The first kappa shape index (κ1) is 27.3. The van der Waals surface area contributed by atoms with Gasteiger partial charge < -0.3 is 14.2 Å². The molecule has 0 aliphatic carbocycles. The van der Waals surface area contributed by atoms with Crippen LogP contribution in [-0.4, -0.2) is 19.8 Å². The van der Waals surface area contributed by atoms with E-state index in [2.05, 4.69) is 11.7 Å². The largest absolute Gasteiger partial charge is 0.429 e. The normalized spacial score (nSPS) is 18.0. The fourth-order valence-corrected chi connectivity index (χ4v) is 4.69. The molecule has 0 radical (unpaired) electrons. The Labute approximate surface area is 213 Å². The van der Waals surface area contributed by atoms with Crippen molar-refractivity contribution < 1.29 is 36.2 Å². The molecule has 0 unspecified atom stereocenters. The van der Waals surface area contributed by atoms with Gasteiger partial charge in [-0.1, -0.05) is 56.9 Å². The maximum absolute atomic E-state index is 15.2. The van der Waals surface area contributed by atoms with Crippen molar-refractivity contribution in [2.45, 2.75) is 64.8 Å². The minimum absolute atomic E-state index is 0.118. The molecule has 200 valence electrons. The Morgan fingerprint density at radius 3 is 2.30 bits per heavy atom. The van der Waals surface area contributed by atoms with Crippen molar-refractivity contribution in [1.82, 2.24) is 0 Å². The number of ether oxygens (including phenoxy) is 3. The van der Waals surface area contributed by atoms with Crippen LogP contribution in [0, 0.1) is 23.4 Å². The van der Waals surface area contributed by atoms with E-state index in [9.17, 15) is 17.6 Å². The molecule has 1 heterocycles. The summed E-state index contributed by atoms with van der Waals surface area (Å²) < 4.78 is 83.6. The zero-order valence-corrected chi connectivity index (χ0v) is 20.8. The number of unbranched alkanes of at least 4 members (excludes halogenated alkanes) is 3. The van der Waals surface area contributed by atoms with Gasteiger partial charge >= 0.3 is 6.61 Å². The average Bonchev–Trinajstić information content (AvgIpc) is 2.88. The average molecular weight is 523 g/mol. The zero-order valence-electron chi connectivity index (χ0n) is 20.8. The van der Waals surface area contributed by atoms with Crippen molar-refractivity contribution in [3.8, 4) is 5.75 Å². The summed E-state index contributed by atoms with van der Waals surface area (Å²) in [5, 5.41) is 1.11. The number of aryl methyl sites for hydroxylation is 2. The molecule has 0 atom stereocenters. The van der Waals surface area contributed by atoms with Gasteiger partial charge in [0, 0.05) is 16.9 Å². The Bertz CT molecular complexity index is 1170. The summed E-state index contributed by atoms with van der Waals surface area (Å²) in [7, 11) is 0. The Morgan fingerprint density at radius 2 is 1.62 bits per heavy atom. The number of benzene rings is 3. The van der Waals surface area contributed by atoms with Gasteiger partial charge in [-0.3, -0.25) is 0 Å². The Balaban J connectivity index is 1.38. The third-order valence-corrected chi connectivity index (χ3v) is 6.71. The monoisotopic (exact) mass is 522 g/mol. The van der Waals surface area contributed by atoms with Gasteiger partial charge in [0.05, 0.1) is 13.2 Å². The highest BCUT2D eigenvalue weighted by Gasteiger charge is 2.24. The van der Waals surface area contributed by atoms with Crippen LogP contribution in [0.1, 0.15) is 62.0 Å². The molecule has 3 aromatic carbocycles. The van der Waals surface area contributed by atoms with E-state index in [0.717, 1.165) is 24.1 Å². The molecule has 4 rings (SSSR count). The second-order valence-corrected chi connectivity index (χ2v) is 9.50. The standard InChI is InChI=1S/C29H31F5O3/c1-2-3-4-5-6-19-16-35-28(36-17-19)22-11-12-23-21(15-22)10-9-20(26(23)32)8-7-18-13-24(30)27(25(31)14-18)37-29(33)34/h9-15,19,28-29H,2-8,16-17H2,1H3. The van der Waals surface area contributed by atoms with Gasteiger partial charge in [-0.15, -0.1) is 0 Å². The molecule has 1 saturated heterocycles. The van der Waals surface area contributed by atoms with E-state index in [1.165, 1.54) is 25.7 Å². The van der Waals surface area contributed by atoms with Gasteiger partial charge in [-0.2, -0.15) is 8.78 Å². The molecule has 3 aromatic rings. The lowest BCUT2D eigenvalue weighted by atomic mass is 9.98. The summed E-state index contributed by atoms with van der Waals surface area (Å²) in [5.41, 5.74) is 1.41. The van der Waals surface area contributed by atoms with Crippen LogP contribution in [0.4, 0.5) is 22.0 Å². The molecule has 0 bridgehead atoms. The van der Waals surface area contributed by atoms with Gasteiger partial charge in [0.15, 0.2) is 23.7 Å². The van der Waals surface area contributed by atoms with Crippen molar-refractivity contribution in [3.05, 3.63) is 76.6 Å². The molecule has 0 saturated carbocycles. The molecule has 1 aliphatic rings. The third kappa shape index (κ3) is 6.99. The molecular formula is C29H31F5O3. The minimum atomic E-state index is -3.34. The number of halogens is 5. The van der Waals surface area contributed by atoms with Crippen LogP contribution in [-0.2, 0) is 22.3 Å². The number of alkyl halides is 2. The van der Waals surface area contributed by atoms with Gasteiger partial charge in [-0.05, 0) is 54.0 Å². The number of hydrogen-bond donors (Lipinski definition) is 0. The van der Waals surface area contributed by atoms with Gasteiger partial charge in [-0.25, -0.2) is 13.2 Å². The van der Waals surface area contributed by atoms with Crippen LogP contribution in [0.2, 0.25) is 0 Å². The highest BCUT2D eigenvalue weighted by Crippen LogP contribution is 2.31. The molecular weight excluding hydrogens is 491 g/mol. The van der Waals surface area contributed by atoms with E-state index in [-0.39, 0.29) is 18.4 Å². The van der Waals surface area contributed by atoms with Crippen LogP contribution < -0.4 is 4.74 Å². The smallest absolute Gasteiger partial charge is 0.387 e. The Hall–Kier alpha value is -2.71. The summed E-state index contributed by atoms with van der Waals surface area (Å²) >= 11 is 0. The molecule has 8 heteroatoms. The molecule has 1 fully saturated rings. The Kier molecular flexibility index (Phi) is 9.38. The first-order valence-electron chi connectivity index (χ1n) is 12.7. The molecule has 37 heavy (non-hydrogen) atoms. The fraction of sp³-hybridized carbons (Fsp3) is 0.448. The van der Waals surface area contributed by atoms with Crippen LogP contribution in [0.3, 0.4) is 0 Å². The van der Waals surface area contributed by atoms with E-state index in [0.29, 0.717) is 35.5 Å². The van der Waals surface area contributed by atoms with Crippen molar-refractivity contribution in [1.29, 1.82) is 0 Å². The zero-order chi connectivity index (χ0) is 26.4. The molecule has 0 aromatic heterocycles. The van der Waals surface area contributed by atoms with Crippen LogP contribution in [0.15, 0.2) is 42.5 Å².